The third-order valence-corrected chi connectivity index (χ3v) is 4.09. The molecular formula is C14H27N3O3. The highest BCUT2D eigenvalue weighted by Gasteiger charge is 2.29. The molecule has 2 amide bonds. The van der Waals surface area contributed by atoms with Crippen LogP contribution in [0.15, 0.2) is 0 Å². The number of carbonyl (C=O) groups is 2. The Morgan fingerprint density at radius 1 is 1.35 bits per heavy atom. The molecule has 1 aliphatic rings. The molecule has 2 unspecified atom stereocenters. The molecule has 1 rings (SSSR count). The van der Waals surface area contributed by atoms with Gasteiger partial charge in [-0.05, 0) is 20.4 Å². The average Bonchev–Trinajstić information content (AvgIpc) is 2.44. The smallest absolute Gasteiger partial charge is 0.320 e. The van der Waals surface area contributed by atoms with Crippen LogP contribution in [-0.2, 0) is 4.79 Å². The minimum absolute atomic E-state index is 0.0350. The molecule has 0 radical (unpaired) electrons. The van der Waals surface area contributed by atoms with Gasteiger partial charge in [-0.25, -0.2) is 4.79 Å². The van der Waals surface area contributed by atoms with Crippen LogP contribution in [0.2, 0.25) is 0 Å². The van der Waals surface area contributed by atoms with Gasteiger partial charge in [0.15, 0.2) is 0 Å². The van der Waals surface area contributed by atoms with Crippen molar-refractivity contribution in [2.45, 2.75) is 33.2 Å². The predicted octanol–water partition coefficient (Wildman–Crippen LogP) is 1.18. The molecule has 6 nitrogen and oxygen atoms in total. The summed E-state index contributed by atoms with van der Waals surface area (Å²) in [4.78, 5) is 29.2. The monoisotopic (exact) mass is 285 g/mol. The first-order valence-electron chi connectivity index (χ1n) is 7.37. The summed E-state index contributed by atoms with van der Waals surface area (Å²) in [7, 11) is 2.08. The van der Waals surface area contributed by atoms with E-state index >= 15 is 0 Å². The summed E-state index contributed by atoms with van der Waals surface area (Å²) in [5.41, 5.74) is 0. The molecule has 0 bridgehead atoms. The van der Waals surface area contributed by atoms with Gasteiger partial charge >= 0.3 is 12.0 Å². The van der Waals surface area contributed by atoms with Gasteiger partial charge in [0.1, 0.15) is 0 Å². The quantitative estimate of drug-likeness (QED) is 0.823. The number of urea groups is 1. The summed E-state index contributed by atoms with van der Waals surface area (Å²) < 4.78 is 0. The number of hydrogen-bond donors (Lipinski definition) is 1. The molecule has 2 atom stereocenters. The topological polar surface area (TPSA) is 64.1 Å². The van der Waals surface area contributed by atoms with E-state index in [-0.39, 0.29) is 12.6 Å². The van der Waals surface area contributed by atoms with E-state index in [1.165, 1.54) is 0 Å². The largest absolute Gasteiger partial charge is 0.481 e. The van der Waals surface area contributed by atoms with Crippen LogP contribution in [0.4, 0.5) is 4.79 Å². The van der Waals surface area contributed by atoms with E-state index in [2.05, 4.69) is 18.9 Å². The number of likely N-dealkylation sites (N-methyl/N-ethyl adjacent to an activating group) is 1. The Bertz CT molecular complexity index is 349. The van der Waals surface area contributed by atoms with Crippen molar-refractivity contribution in [3.05, 3.63) is 0 Å². The molecule has 1 saturated heterocycles. The van der Waals surface area contributed by atoms with E-state index in [0.29, 0.717) is 19.1 Å². The molecule has 0 aromatic heterocycles. The van der Waals surface area contributed by atoms with E-state index in [0.717, 1.165) is 19.5 Å². The molecule has 0 saturated carbocycles. The number of rotatable bonds is 5. The normalized spacial score (nSPS) is 21.6. The van der Waals surface area contributed by atoms with E-state index in [1.54, 1.807) is 11.8 Å². The van der Waals surface area contributed by atoms with Gasteiger partial charge in [0.2, 0.25) is 0 Å². The summed E-state index contributed by atoms with van der Waals surface area (Å²) >= 11 is 0. The lowest BCUT2D eigenvalue weighted by Gasteiger charge is -2.41. The zero-order valence-electron chi connectivity index (χ0n) is 13.0. The Hall–Kier alpha value is -1.30. The summed E-state index contributed by atoms with van der Waals surface area (Å²) in [5.74, 6) is -1.39. The van der Waals surface area contributed by atoms with Gasteiger partial charge in [0.25, 0.3) is 0 Å². The number of amides is 2. The number of carboxylic acids is 1. The molecular weight excluding hydrogens is 258 g/mol. The Balaban J connectivity index is 2.64. The highest BCUT2D eigenvalue weighted by Crippen LogP contribution is 2.13. The molecule has 1 N–H and O–H groups in total. The first-order chi connectivity index (χ1) is 9.40. The third kappa shape index (κ3) is 4.10. The van der Waals surface area contributed by atoms with Gasteiger partial charge in [0.05, 0.1) is 5.92 Å². The van der Waals surface area contributed by atoms with Gasteiger partial charge in [-0.1, -0.05) is 13.8 Å². The van der Waals surface area contributed by atoms with Crippen molar-refractivity contribution >= 4 is 12.0 Å². The fourth-order valence-electron chi connectivity index (χ4n) is 2.51. The second kappa shape index (κ2) is 7.47. The lowest BCUT2D eigenvalue weighted by molar-refractivity contribution is -0.141. The van der Waals surface area contributed by atoms with Crippen molar-refractivity contribution in [1.82, 2.24) is 14.7 Å². The fraction of sp³-hybridized carbons (Fsp3) is 0.857. The van der Waals surface area contributed by atoms with Crippen molar-refractivity contribution in [3.8, 4) is 0 Å². The van der Waals surface area contributed by atoms with Crippen molar-refractivity contribution in [3.63, 3.8) is 0 Å². The Morgan fingerprint density at radius 3 is 2.50 bits per heavy atom. The second-order valence-corrected chi connectivity index (χ2v) is 5.55. The fourth-order valence-corrected chi connectivity index (χ4v) is 2.51. The van der Waals surface area contributed by atoms with Crippen molar-refractivity contribution in [2.75, 3.05) is 39.8 Å². The van der Waals surface area contributed by atoms with Crippen LogP contribution in [-0.4, -0.2) is 77.6 Å². The molecule has 0 spiro atoms. The van der Waals surface area contributed by atoms with Gasteiger partial charge in [-0.2, -0.15) is 0 Å². The van der Waals surface area contributed by atoms with Gasteiger partial charge in [0, 0.05) is 38.8 Å². The van der Waals surface area contributed by atoms with Crippen molar-refractivity contribution in [2.24, 2.45) is 5.92 Å². The summed E-state index contributed by atoms with van der Waals surface area (Å²) in [5, 5.41) is 8.98. The predicted molar refractivity (Wildman–Crippen MR) is 77.7 cm³/mol. The maximum absolute atomic E-state index is 12.5. The van der Waals surface area contributed by atoms with Crippen LogP contribution < -0.4 is 0 Å². The van der Waals surface area contributed by atoms with Crippen LogP contribution in [0, 0.1) is 5.92 Å². The first kappa shape index (κ1) is 16.8. The zero-order valence-corrected chi connectivity index (χ0v) is 13.0. The Morgan fingerprint density at radius 2 is 2.00 bits per heavy atom. The highest BCUT2D eigenvalue weighted by atomic mass is 16.4. The van der Waals surface area contributed by atoms with Gasteiger partial charge in [-0.3, -0.25) is 9.69 Å². The number of nitrogens with zero attached hydrogens (tertiary/aromatic N) is 3. The van der Waals surface area contributed by atoms with Crippen LogP contribution in [0.1, 0.15) is 27.2 Å². The Kier molecular flexibility index (Phi) is 6.26. The zero-order chi connectivity index (χ0) is 15.3. The van der Waals surface area contributed by atoms with E-state index in [1.807, 2.05) is 11.8 Å². The maximum atomic E-state index is 12.5. The molecule has 0 aromatic rings. The summed E-state index contributed by atoms with van der Waals surface area (Å²) in [6.45, 7) is 8.77. The van der Waals surface area contributed by atoms with E-state index in [4.69, 9.17) is 5.11 Å². The van der Waals surface area contributed by atoms with Crippen LogP contribution in [0.5, 0.6) is 0 Å². The lowest BCUT2D eigenvalue weighted by Crippen LogP contribution is -2.56. The van der Waals surface area contributed by atoms with Crippen molar-refractivity contribution < 1.29 is 14.7 Å². The highest BCUT2D eigenvalue weighted by molar-refractivity contribution is 5.76. The summed E-state index contributed by atoms with van der Waals surface area (Å²) in [6, 6.07) is 0.357. The number of hydrogen-bond acceptors (Lipinski definition) is 3. The minimum Gasteiger partial charge on any atom is -0.481 e. The van der Waals surface area contributed by atoms with E-state index < -0.39 is 11.9 Å². The van der Waals surface area contributed by atoms with Crippen LogP contribution in [0.3, 0.4) is 0 Å². The lowest BCUT2D eigenvalue weighted by atomic mass is 10.1. The Labute approximate surface area is 121 Å². The molecule has 1 heterocycles. The molecule has 20 heavy (non-hydrogen) atoms. The van der Waals surface area contributed by atoms with Gasteiger partial charge in [-0.15, -0.1) is 0 Å². The molecule has 1 aliphatic heterocycles. The maximum Gasteiger partial charge on any atom is 0.320 e. The van der Waals surface area contributed by atoms with Crippen molar-refractivity contribution in [1.29, 1.82) is 0 Å². The number of carboxylic acid groups (broad SMARTS) is 1. The first-order valence-corrected chi connectivity index (χ1v) is 7.37. The molecule has 0 aliphatic carbocycles. The minimum atomic E-state index is -0.860. The third-order valence-electron chi connectivity index (χ3n) is 4.09. The second-order valence-electron chi connectivity index (χ2n) is 5.55. The van der Waals surface area contributed by atoms with Gasteiger partial charge < -0.3 is 14.9 Å². The summed E-state index contributed by atoms with van der Waals surface area (Å²) in [6.07, 6.45) is 1.01. The standard InChI is InChI=1S/C14H27N3O3/c1-5-12-10-17(8-7-15(12)4)14(20)16(6-2)9-11(3)13(18)19/h11-12H,5-10H2,1-4H3,(H,18,19). The van der Waals surface area contributed by atoms with Crippen LogP contribution >= 0.6 is 0 Å². The molecule has 1 fully saturated rings. The SMILES string of the molecule is CCC1CN(C(=O)N(CC)CC(C)C(=O)O)CCN1C. The average molecular weight is 285 g/mol. The number of piperazine rings is 1. The van der Waals surface area contributed by atoms with Crippen LogP contribution in [0.25, 0.3) is 0 Å². The number of carbonyl (C=O) groups excluding carboxylic acids is 1. The van der Waals surface area contributed by atoms with E-state index in [9.17, 15) is 9.59 Å². The molecule has 0 aromatic carbocycles. The molecule has 6 heteroatoms. The number of aliphatic carboxylic acids is 1. The molecule has 116 valence electrons.